The molecule has 0 radical (unpaired) electrons. The van der Waals surface area contributed by atoms with E-state index in [2.05, 4.69) is 25.5 Å². The summed E-state index contributed by atoms with van der Waals surface area (Å²) in [6, 6.07) is 7.24. The van der Waals surface area contributed by atoms with Gasteiger partial charge in [0.1, 0.15) is 5.76 Å². The summed E-state index contributed by atoms with van der Waals surface area (Å²) in [6.07, 6.45) is 7.00. The third kappa shape index (κ3) is 3.42. The first-order chi connectivity index (χ1) is 14.2. The van der Waals surface area contributed by atoms with Gasteiger partial charge in [-0.15, -0.1) is 0 Å². The molecule has 4 heterocycles. The van der Waals surface area contributed by atoms with Crippen molar-refractivity contribution in [2.45, 2.75) is 32.2 Å². The Bertz CT molecular complexity index is 1140. The van der Waals surface area contributed by atoms with Crippen LogP contribution in [0.15, 0.2) is 51.9 Å². The van der Waals surface area contributed by atoms with Crippen LogP contribution in [0.25, 0.3) is 17.3 Å². The van der Waals surface area contributed by atoms with Gasteiger partial charge in [-0.25, -0.2) is 9.67 Å². The summed E-state index contributed by atoms with van der Waals surface area (Å²) >= 11 is 0. The normalized spacial score (nSPS) is 13.6. The zero-order chi connectivity index (χ0) is 19.8. The van der Waals surface area contributed by atoms with Crippen molar-refractivity contribution in [2.75, 3.05) is 0 Å². The lowest BCUT2D eigenvalue weighted by Crippen LogP contribution is -2.23. The van der Waals surface area contributed by atoms with E-state index in [1.165, 1.54) is 6.20 Å². The maximum absolute atomic E-state index is 12.5. The van der Waals surface area contributed by atoms with E-state index < -0.39 is 0 Å². The Kier molecular flexibility index (Phi) is 4.19. The number of nitrogens with zero attached hydrogens (tertiary/aromatic N) is 5. The molecule has 4 aromatic heterocycles. The Morgan fingerprint density at radius 3 is 2.90 bits per heavy atom. The highest BCUT2D eigenvalue weighted by Crippen LogP contribution is 2.38. The third-order valence-electron chi connectivity index (χ3n) is 4.85. The minimum Gasteiger partial charge on any atom is -0.467 e. The fourth-order valence-electron chi connectivity index (χ4n) is 3.04. The quantitative estimate of drug-likeness (QED) is 0.538. The highest BCUT2D eigenvalue weighted by atomic mass is 16.5. The van der Waals surface area contributed by atoms with Gasteiger partial charge in [0.15, 0.2) is 11.6 Å². The number of amides is 1. The fraction of sp³-hybridized carbons (Fsp3) is 0.250. The molecule has 1 N–H and O–H groups in total. The highest BCUT2D eigenvalue weighted by molar-refractivity contribution is 5.95. The number of hydrogen-bond donors (Lipinski definition) is 1. The summed E-state index contributed by atoms with van der Waals surface area (Å²) < 4.78 is 12.2. The lowest BCUT2D eigenvalue weighted by Gasteiger charge is -2.05. The van der Waals surface area contributed by atoms with E-state index in [0.29, 0.717) is 41.2 Å². The Labute approximate surface area is 165 Å². The minimum atomic E-state index is -0.222. The molecule has 9 nitrogen and oxygen atoms in total. The standard InChI is InChI=1S/C20H18N6O3/c1-12-16(19(27)22-10-15-3-2-8-28-15)11-23-26(12)17-7-6-14(9-21-17)20-24-18(25-29-20)13-4-5-13/h2-3,6-9,11,13H,4-5,10H2,1H3,(H,22,27). The summed E-state index contributed by atoms with van der Waals surface area (Å²) in [5.41, 5.74) is 1.92. The second-order valence-corrected chi connectivity index (χ2v) is 6.95. The van der Waals surface area contributed by atoms with Crippen LogP contribution in [0, 0.1) is 6.92 Å². The molecule has 4 aromatic rings. The van der Waals surface area contributed by atoms with Crippen molar-refractivity contribution in [3.05, 3.63) is 65.8 Å². The largest absolute Gasteiger partial charge is 0.467 e. The fourth-order valence-corrected chi connectivity index (χ4v) is 3.04. The topological polar surface area (TPSA) is 112 Å². The van der Waals surface area contributed by atoms with E-state index in [9.17, 15) is 4.79 Å². The van der Waals surface area contributed by atoms with Crippen LogP contribution in [0.1, 0.15) is 46.4 Å². The summed E-state index contributed by atoms with van der Waals surface area (Å²) in [7, 11) is 0. The van der Waals surface area contributed by atoms with Gasteiger partial charge >= 0.3 is 0 Å². The molecule has 5 rings (SSSR count). The summed E-state index contributed by atoms with van der Waals surface area (Å²) in [5, 5.41) is 11.2. The van der Waals surface area contributed by atoms with Crippen molar-refractivity contribution in [1.29, 1.82) is 0 Å². The number of pyridine rings is 1. The van der Waals surface area contributed by atoms with Gasteiger partial charge in [0.25, 0.3) is 11.8 Å². The van der Waals surface area contributed by atoms with Crippen LogP contribution in [0.3, 0.4) is 0 Å². The molecule has 9 heteroatoms. The van der Waals surface area contributed by atoms with Gasteiger partial charge in [-0.05, 0) is 44.0 Å². The number of carbonyl (C=O) groups is 1. The van der Waals surface area contributed by atoms with Gasteiger partial charge in [-0.3, -0.25) is 4.79 Å². The van der Waals surface area contributed by atoms with Crippen LogP contribution in [0.4, 0.5) is 0 Å². The van der Waals surface area contributed by atoms with Crippen LogP contribution in [0.5, 0.6) is 0 Å². The summed E-state index contributed by atoms with van der Waals surface area (Å²) in [4.78, 5) is 21.3. The van der Waals surface area contributed by atoms with Crippen molar-refractivity contribution < 1.29 is 13.7 Å². The highest BCUT2D eigenvalue weighted by Gasteiger charge is 2.29. The Balaban J connectivity index is 1.32. The maximum atomic E-state index is 12.5. The van der Waals surface area contributed by atoms with Crippen molar-refractivity contribution in [3.63, 3.8) is 0 Å². The number of nitrogens with one attached hydrogen (secondary N) is 1. The smallest absolute Gasteiger partial charge is 0.259 e. The van der Waals surface area contributed by atoms with Crippen molar-refractivity contribution in [1.82, 2.24) is 30.2 Å². The Hall–Kier alpha value is -3.75. The molecule has 1 saturated carbocycles. The van der Waals surface area contributed by atoms with Crippen LogP contribution in [-0.2, 0) is 6.54 Å². The molecular formula is C20H18N6O3. The van der Waals surface area contributed by atoms with Gasteiger partial charge in [-0.2, -0.15) is 10.1 Å². The molecule has 0 aliphatic heterocycles. The second-order valence-electron chi connectivity index (χ2n) is 6.95. The van der Waals surface area contributed by atoms with Crippen molar-refractivity contribution in [2.24, 2.45) is 0 Å². The molecule has 1 amide bonds. The average Bonchev–Trinajstić information content (AvgIpc) is 3.13. The SMILES string of the molecule is Cc1c(C(=O)NCc2ccco2)cnn1-c1ccc(-c2nc(C3CC3)no2)cn1. The number of hydrogen-bond acceptors (Lipinski definition) is 7. The molecule has 1 aliphatic rings. The Morgan fingerprint density at radius 1 is 1.28 bits per heavy atom. The molecular weight excluding hydrogens is 372 g/mol. The van der Waals surface area contributed by atoms with E-state index in [4.69, 9.17) is 8.94 Å². The van der Waals surface area contributed by atoms with Gasteiger partial charge < -0.3 is 14.3 Å². The molecule has 0 bridgehead atoms. The van der Waals surface area contributed by atoms with Gasteiger partial charge in [0, 0.05) is 12.1 Å². The Morgan fingerprint density at radius 2 is 2.17 bits per heavy atom. The van der Waals surface area contributed by atoms with Crippen LogP contribution < -0.4 is 5.32 Å². The minimum absolute atomic E-state index is 0.222. The first-order valence-electron chi connectivity index (χ1n) is 9.34. The number of rotatable bonds is 6. The first kappa shape index (κ1) is 17.4. The molecule has 0 aromatic carbocycles. The predicted octanol–water partition coefficient (Wildman–Crippen LogP) is 3.03. The molecule has 146 valence electrons. The second kappa shape index (κ2) is 7.01. The van der Waals surface area contributed by atoms with Crippen molar-refractivity contribution >= 4 is 5.91 Å². The molecule has 1 fully saturated rings. The zero-order valence-electron chi connectivity index (χ0n) is 15.7. The number of furan rings is 1. The number of aromatic nitrogens is 5. The van der Waals surface area contributed by atoms with E-state index in [-0.39, 0.29) is 5.91 Å². The molecule has 0 saturated heterocycles. The third-order valence-corrected chi connectivity index (χ3v) is 4.85. The van der Waals surface area contributed by atoms with E-state index in [0.717, 1.165) is 24.2 Å². The summed E-state index contributed by atoms with van der Waals surface area (Å²) in [6.45, 7) is 2.14. The number of carbonyl (C=O) groups excluding carboxylic acids is 1. The van der Waals surface area contributed by atoms with Crippen LogP contribution >= 0.6 is 0 Å². The molecule has 29 heavy (non-hydrogen) atoms. The van der Waals surface area contributed by atoms with E-state index in [1.807, 2.05) is 13.0 Å². The van der Waals surface area contributed by atoms with Crippen LogP contribution in [-0.4, -0.2) is 30.8 Å². The lowest BCUT2D eigenvalue weighted by atomic mass is 10.2. The van der Waals surface area contributed by atoms with E-state index >= 15 is 0 Å². The summed E-state index contributed by atoms with van der Waals surface area (Å²) in [5.74, 6) is 2.71. The average molecular weight is 390 g/mol. The monoisotopic (exact) mass is 390 g/mol. The van der Waals surface area contributed by atoms with Gasteiger partial charge in [-0.1, -0.05) is 5.16 Å². The van der Waals surface area contributed by atoms with Crippen LogP contribution in [0.2, 0.25) is 0 Å². The lowest BCUT2D eigenvalue weighted by molar-refractivity contribution is 0.0947. The van der Waals surface area contributed by atoms with Gasteiger partial charge in [0.2, 0.25) is 0 Å². The van der Waals surface area contributed by atoms with Gasteiger partial charge in [0.05, 0.1) is 35.8 Å². The zero-order valence-corrected chi connectivity index (χ0v) is 15.7. The molecule has 0 atom stereocenters. The predicted molar refractivity (Wildman–Crippen MR) is 101 cm³/mol. The molecule has 1 aliphatic carbocycles. The molecule has 0 spiro atoms. The van der Waals surface area contributed by atoms with Crippen molar-refractivity contribution in [3.8, 4) is 17.3 Å². The van der Waals surface area contributed by atoms with E-state index in [1.54, 1.807) is 35.3 Å². The maximum Gasteiger partial charge on any atom is 0.259 e. The molecule has 0 unspecified atom stereocenters. The first-order valence-corrected chi connectivity index (χ1v) is 9.34.